The van der Waals surface area contributed by atoms with Gasteiger partial charge in [0.15, 0.2) is 0 Å². The van der Waals surface area contributed by atoms with Gasteiger partial charge in [-0.2, -0.15) is 0 Å². The smallest absolute Gasteiger partial charge is 0.355 e. The molecular formula is C20H25NO5S. The van der Waals surface area contributed by atoms with Crippen molar-refractivity contribution in [2.24, 2.45) is 0 Å². The van der Waals surface area contributed by atoms with Crippen molar-refractivity contribution in [2.75, 3.05) is 25.2 Å². The van der Waals surface area contributed by atoms with Crippen LogP contribution >= 0.6 is 0 Å². The van der Waals surface area contributed by atoms with Crippen molar-refractivity contribution in [3.05, 3.63) is 41.2 Å². The van der Waals surface area contributed by atoms with E-state index in [2.05, 4.69) is 4.98 Å². The van der Waals surface area contributed by atoms with E-state index in [9.17, 15) is 13.2 Å². The lowest BCUT2D eigenvalue weighted by Crippen LogP contribution is -2.23. The summed E-state index contributed by atoms with van der Waals surface area (Å²) in [5, 5.41) is 0. The molecule has 146 valence electrons. The van der Waals surface area contributed by atoms with Gasteiger partial charge in [0, 0.05) is 11.8 Å². The van der Waals surface area contributed by atoms with Gasteiger partial charge in [0.25, 0.3) is 0 Å². The Hall–Kier alpha value is -2.28. The summed E-state index contributed by atoms with van der Waals surface area (Å²) < 4.78 is 34.4. The summed E-state index contributed by atoms with van der Waals surface area (Å²) in [6.07, 6.45) is 2.82. The van der Waals surface area contributed by atoms with Crippen molar-refractivity contribution in [3.63, 3.8) is 0 Å². The molecule has 0 amide bonds. The largest absolute Gasteiger partial charge is 0.496 e. The van der Waals surface area contributed by atoms with Crippen LogP contribution < -0.4 is 4.74 Å². The number of H-pyrrole nitrogens is 1. The molecule has 0 radical (unpaired) electrons. The van der Waals surface area contributed by atoms with Crippen LogP contribution in [0.15, 0.2) is 24.4 Å². The maximum Gasteiger partial charge on any atom is 0.355 e. The van der Waals surface area contributed by atoms with E-state index in [4.69, 9.17) is 9.47 Å². The number of benzene rings is 1. The second kappa shape index (κ2) is 7.76. The zero-order chi connectivity index (χ0) is 19.6. The van der Waals surface area contributed by atoms with Crippen molar-refractivity contribution >= 4 is 15.8 Å². The van der Waals surface area contributed by atoms with Crippen LogP contribution in [-0.2, 0) is 14.6 Å². The summed E-state index contributed by atoms with van der Waals surface area (Å²) in [6, 6.07) is 5.79. The quantitative estimate of drug-likeness (QED) is 0.789. The summed E-state index contributed by atoms with van der Waals surface area (Å²) in [6.45, 7) is 4.02. The molecular weight excluding hydrogens is 366 g/mol. The highest BCUT2D eigenvalue weighted by Gasteiger charge is 2.31. The second-order valence-corrected chi connectivity index (χ2v) is 9.07. The minimum Gasteiger partial charge on any atom is -0.496 e. The maximum atomic E-state index is 12.5. The minimum atomic E-state index is -2.99. The van der Waals surface area contributed by atoms with Gasteiger partial charge >= 0.3 is 5.97 Å². The van der Waals surface area contributed by atoms with E-state index in [0.29, 0.717) is 18.5 Å². The van der Waals surface area contributed by atoms with E-state index < -0.39 is 15.8 Å². The molecule has 1 aliphatic heterocycles. The van der Waals surface area contributed by atoms with Gasteiger partial charge < -0.3 is 14.5 Å². The van der Waals surface area contributed by atoms with Crippen LogP contribution in [0.2, 0.25) is 0 Å². The number of esters is 1. The number of methoxy groups -OCH3 is 1. The van der Waals surface area contributed by atoms with Crippen LogP contribution in [0.4, 0.5) is 0 Å². The Balaban J connectivity index is 2.11. The summed E-state index contributed by atoms with van der Waals surface area (Å²) >= 11 is 0. The van der Waals surface area contributed by atoms with Gasteiger partial charge in [-0.3, -0.25) is 0 Å². The van der Waals surface area contributed by atoms with Crippen LogP contribution in [0.5, 0.6) is 5.75 Å². The SMILES string of the molecule is CCOC(=O)c1[nH]cc(-c2cccc(OC)c2C)c1C1CCS(=O)(=O)CC1. The first-order valence-corrected chi connectivity index (χ1v) is 10.9. The number of rotatable bonds is 5. The van der Waals surface area contributed by atoms with E-state index in [1.165, 1.54) is 0 Å². The molecule has 6 nitrogen and oxygen atoms in total. The van der Waals surface area contributed by atoms with Crippen molar-refractivity contribution in [1.29, 1.82) is 0 Å². The normalized spacial score (nSPS) is 16.9. The van der Waals surface area contributed by atoms with Gasteiger partial charge in [-0.15, -0.1) is 0 Å². The van der Waals surface area contributed by atoms with Crippen LogP contribution in [-0.4, -0.2) is 44.6 Å². The zero-order valence-electron chi connectivity index (χ0n) is 15.9. The fourth-order valence-corrected chi connectivity index (χ4v) is 5.25. The Labute approximate surface area is 159 Å². The molecule has 0 bridgehead atoms. The molecule has 1 aromatic heterocycles. The van der Waals surface area contributed by atoms with Gasteiger partial charge in [-0.1, -0.05) is 12.1 Å². The molecule has 3 rings (SSSR count). The Morgan fingerprint density at radius 2 is 1.93 bits per heavy atom. The fourth-order valence-electron chi connectivity index (χ4n) is 3.76. The highest BCUT2D eigenvalue weighted by Crippen LogP contribution is 2.41. The topological polar surface area (TPSA) is 85.5 Å². The predicted molar refractivity (Wildman–Crippen MR) is 104 cm³/mol. The summed E-state index contributed by atoms with van der Waals surface area (Å²) in [4.78, 5) is 15.6. The van der Waals surface area contributed by atoms with Crippen LogP contribution in [0.1, 0.15) is 47.3 Å². The molecule has 7 heteroatoms. The Morgan fingerprint density at radius 1 is 1.22 bits per heavy atom. The Bertz CT molecular complexity index is 931. The number of nitrogens with one attached hydrogen (secondary N) is 1. The van der Waals surface area contributed by atoms with Gasteiger partial charge in [-0.25, -0.2) is 13.2 Å². The van der Waals surface area contributed by atoms with Crippen LogP contribution in [0.25, 0.3) is 11.1 Å². The number of ether oxygens (including phenoxy) is 2. The van der Waals surface area contributed by atoms with E-state index >= 15 is 0 Å². The average molecular weight is 391 g/mol. The third kappa shape index (κ3) is 3.88. The molecule has 1 aromatic carbocycles. The van der Waals surface area contributed by atoms with Crippen molar-refractivity contribution in [2.45, 2.75) is 32.6 Å². The number of hydrogen-bond acceptors (Lipinski definition) is 5. The number of carbonyl (C=O) groups excluding carboxylic acids is 1. The molecule has 0 unspecified atom stereocenters. The number of hydrogen-bond donors (Lipinski definition) is 1. The molecule has 1 saturated heterocycles. The predicted octanol–water partition coefficient (Wildman–Crippen LogP) is 3.47. The molecule has 2 heterocycles. The lowest BCUT2D eigenvalue weighted by molar-refractivity contribution is 0.0518. The van der Waals surface area contributed by atoms with E-state index in [1.54, 1.807) is 14.0 Å². The summed E-state index contributed by atoms with van der Waals surface area (Å²) in [5.41, 5.74) is 4.10. The van der Waals surface area contributed by atoms with Gasteiger partial charge in [0.05, 0.1) is 25.2 Å². The van der Waals surface area contributed by atoms with E-state index in [1.807, 2.05) is 31.3 Å². The number of aromatic amines is 1. The molecule has 0 atom stereocenters. The first-order valence-electron chi connectivity index (χ1n) is 9.10. The third-order valence-corrected chi connectivity index (χ3v) is 6.87. The Kier molecular flexibility index (Phi) is 5.60. The molecule has 2 aromatic rings. The summed E-state index contributed by atoms with van der Waals surface area (Å²) in [5.74, 6) is 0.625. The van der Waals surface area contributed by atoms with Gasteiger partial charge in [0.2, 0.25) is 0 Å². The first kappa shape index (κ1) is 19.5. The van der Waals surface area contributed by atoms with Crippen molar-refractivity contribution in [1.82, 2.24) is 4.98 Å². The van der Waals surface area contributed by atoms with Crippen molar-refractivity contribution in [3.8, 4) is 16.9 Å². The lowest BCUT2D eigenvalue weighted by Gasteiger charge is -2.24. The van der Waals surface area contributed by atoms with E-state index in [-0.39, 0.29) is 24.0 Å². The molecule has 1 fully saturated rings. The second-order valence-electron chi connectivity index (χ2n) is 6.77. The summed E-state index contributed by atoms with van der Waals surface area (Å²) in [7, 11) is -1.37. The molecule has 0 saturated carbocycles. The minimum absolute atomic E-state index is 0.0141. The standard InChI is InChI=1S/C20H25NO5S/c1-4-26-20(22)19-18(14-8-10-27(23,24)11-9-14)16(12-21-19)15-6-5-7-17(25-3)13(15)2/h5-7,12,14,21H,4,8-11H2,1-3H3. The van der Waals surface area contributed by atoms with Gasteiger partial charge in [0.1, 0.15) is 21.3 Å². The van der Waals surface area contributed by atoms with Crippen molar-refractivity contribution < 1.29 is 22.7 Å². The molecule has 27 heavy (non-hydrogen) atoms. The highest BCUT2D eigenvalue weighted by molar-refractivity contribution is 7.91. The number of sulfone groups is 1. The monoisotopic (exact) mass is 391 g/mol. The lowest BCUT2D eigenvalue weighted by atomic mass is 9.87. The molecule has 1 N–H and O–H groups in total. The third-order valence-electron chi connectivity index (χ3n) is 5.16. The Morgan fingerprint density at radius 3 is 2.56 bits per heavy atom. The molecule has 0 aliphatic carbocycles. The maximum absolute atomic E-state index is 12.5. The molecule has 0 spiro atoms. The fraction of sp³-hybridized carbons (Fsp3) is 0.450. The first-order chi connectivity index (χ1) is 12.9. The number of carbonyl (C=O) groups is 1. The highest BCUT2D eigenvalue weighted by atomic mass is 32.2. The number of aromatic nitrogens is 1. The van der Waals surface area contributed by atoms with E-state index in [0.717, 1.165) is 28.0 Å². The average Bonchev–Trinajstić information content (AvgIpc) is 3.07. The molecule has 1 aliphatic rings. The van der Waals surface area contributed by atoms with Crippen LogP contribution in [0.3, 0.4) is 0 Å². The van der Waals surface area contributed by atoms with Crippen LogP contribution in [0, 0.1) is 6.92 Å². The van der Waals surface area contributed by atoms with Gasteiger partial charge in [-0.05, 0) is 55.4 Å². The zero-order valence-corrected chi connectivity index (χ0v) is 16.7.